The van der Waals surface area contributed by atoms with Gasteiger partial charge in [-0.05, 0) is 34.0 Å². The highest BCUT2D eigenvalue weighted by atomic mass is 79.9. The zero-order chi connectivity index (χ0) is 15.5. The molecule has 0 aliphatic carbocycles. The van der Waals surface area contributed by atoms with Crippen LogP contribution in [-0.2, 0) is 11.2 Å². The number of aryl methyl sites for hydroxylation is 1. The van der Waals surface area contributed by atoms with E-state index in [-0.39, 0.29) is 30.3 Å². The fourth-order valence-electron chi connectivity index (χ4n) is 2.96. The fourth-order valence-corrected chi connectivity index (χ4v) is 4.41. The average Bonchev–Trinajstić information content (AvgIpc) is 3.12. The first kappa shape index (κ1) is 18.5. The van der Waals surface area contributed by atoms with E-state index in [1.54, 1.807) is 11.3 Å². The molecular formula is C17H20BrClN2OS. The molecule has 3 rings (SSSR count). The Morgan fingerprint density at radius 3 is 2.70 bits per heavy atom. The van der Waals surface area contributed by atoms with Crippen LogP contribution in [0.4, 0.5) is 0 Å². The topological polar surface area (TPSA) is 46.3 Å². The Morgan fingerprint density at radius 2 is 2.04 bits per heavy atom. The number of nitrogens with zero attached hydrogens (tertiary/aromatic N) is 1. The molecule has 1 aromatic carbocycles. The van der Waals surface area contributed by atoms with Gasteiger partial charge in [0, 0.05) is 46.2 Å². The zero-order valence-corrected chi connectivity index (χ0v) is 15.9. The lowest BCUT2D eigenvalue weighted by Gasteiger charge is -2.16. The molecule has 1 aliphatic rings. The van der Waals surface area contributed by atoms with E-state index in [4.69, 9.17) is 5.73 Å². The molecule has 3 nitrogen and oxygen atoms in total. The van der Waals surface area contributed by atoms with E-state index in [0.717, 1.165) is 17.4 Å². The van der Waals surface area contributed by atoms with Crippen LogP contribution >= 0.6 is 39.7 Å². The number of likely N-dealkylation sites (tertiary alicyclic amines) is 1. The molecule has 1 amide bonds. The number of halogens is 2. The van der Waals surface area contributed by atoms with Crippen LogP contribution in [-0.4, -0.2) is 29.9 Å². The molecular weight excluding hydrogens is 396 g/mol. The van der Waals surface area contributed by atoms with E-state index in [9.17, 15) is 4.79 Å². The molecule has 1 aliphatic heterocycles. The van der Waals surface area contributed by atoms with Crippen molar-refractivity contribution < 1.29 is 4.79 Å². The van der Waals surface area contributed by atoms with Crippen molar-refractivity contribution >= 4 is 45.6 Å². The second-order valence-electron chi connectivity index (χ2n) is 5.71. The Labute approximate surface area is 155 Å². The molecule has 0 unspecified atom stereocenters. The number of carbonyl (C=O) groups is 1. The lowest BCUT2D eigenvalue weighted by Crippen LogP contribution is -2.32. The molecule has 124 valence electrons. The quantitative estimate of drug-likeness (QED) is 0.825. The molecule has 1 aromatic heterocycles. The van der Waals surface area contributed by atoms with Crippen molar-refractivity contribution in [2.24, 2.45) is 5.73 Å². The van der Waals surface area contributed by atoms with Gasteiger partial charge in [-0.3, -0.25) is 4.79 Å². The number of carbonyl (C=O) groups excluding carboxylic acids is 1. The summed E-state index contributed by atoms with van der Waals surface area (Å²) < 4.78 is 1.09. The monoisotopic (exact) mass is 414 g/mol. The van der Waals surface area contributed by atoms with E-state index < -0.39 is 0 Å². The van der Waals surface area contributed by atoms with Gasteiger partial charge in [-0.2, -0.15) is 0 Å². The second kappa shape index (κ2) is 8.29. The molecule has 0 radical (unpaired) electrons. The van der Waals surface area contributed by atoms with Crippen molar-refractivity contribution in [2.75, 3.05) is 13.1 Å². The Bertz CT molecular complexity index is 649. The molecule has 2 N–H and O–H groups in total. The maximum atomic E-state index is 12.4. The van der Waals surface area contributed by atoms with Gasteiger partial charge >= 0.3 is 0 Å². The standard InChI is InChI=1S/C17H19BrN2OS.ClH/c18-13-8-14(22-11-13)6-7-17(21)20-9-15(16(19)10-20)12-4-2-1-3-5-12;/h1-5,8,11,15-16H,6-7,9-10,19H2;1H/t15-,16+;/m0./s1. The van der Waals surface area contributed by atoms with Crippen LogP contribution in [0, 0.1) is 0 Å². The lowest BCUT2D eigenvalue weighted by atomic mass is 9.95. The SMILES string of the molecule is Cl.N[C@@H]1CN(C(=O)CCc2cc(Br)cs2)C[C@H]1c1ccccc1. The maximum absolute atomic E-state index is 12.4. The summed E-state index contributed by atoms with van der Waals surface area (Å²) >= 11 is 5.14. The van der Waals surface area contributed by atoms with Crippen molar-refractivity contribution in [1.29, 1.82) is 0 Å². The molecule has 2 aromatic rings. The third-order valence-corrected chi connectivity index (χ3v) is 5.91. The molecule has 23 heavy (non-hydrogen) atoms. The number of benzene rings is 1. The molecule has 2 heterocycles. The fraction of sp³-hybridized carbons (Fsp3) is 0.353. The average molecular weight is 416 g/mol. The van der Waals surface area contributed by atoms with Crippen LogP contribution in [0.2, 0.25) is 0 Å². The summed E-state index contributed by atoms with van der Waals surface area (Å²) in [5.41, 5.74) is 7.48. The van der Waals surface area contributed by atoms with E-state index in [2.05, 4.69) is 39.5 Å². The summed E-state index contributed by atoms with van der Waals surface area (Å²) in [5.74, 6) is 0.458. The molecule has 1 fully saturated rings. The highest BCUT2D eigenvalue weighted by Crippen LogP contribution is 2.27. The molecule has 0 spiro atoms. The van der Waals surface area contributed by atoms with Gasteiger partial charge in [-0.1, -0.05) is 30.3 Å². The van der Waals surface area contributed by atoms with Crippen molar-refractivity contribution in [1.82, 2.24) is 4.90 Å². The number of thiophene rings is 1. The largest absolute Gasteiger partial charge is 0.340 e. The minimum Gasteiger partial charge on any atom is -0.340 e. The minimum absolute atomic E-state index is 0. The Kier molecular flexibility index (Phi) is 6.65. The van der Waals surface area contributed by atoms with Crippen LogP contribution in [0.3, 0.4) is 0 Å². The summed E-state index contributed by atoms with van der Waals surface area (Å²) in [4.78, 5) is 15.6. The maximum Gasteiger partial charge on any atom is 0.223 e. The number of rotatable bonds is 4. The molecule has 2 atom stereocenters. The summed E-state index contributed by atoms with van der Waals surface area (Å²) in [6.07, 6.45) is 1.36. The van der Waals surface area contributed by atoms with Crippen LogP contribution in [0.5, 0.6) is 0 Å². The summed E-state index contributed by atoms with van der Waals surface area (Å²) in [6.45, 7) is 1.39. The van der Waals surface area contributed by atoms with Gasteiger partial charge in [0.1, 0.15) is 0 Å². The summed E-state index contributed by atoms with van der Waals surface area (Å²) in [5, 5.41) is 2.05. The first-order valence-corrected chi connectivity index (χ1v) is 9.12. The van der Waals surface area contributed by atoms with Crippen LogP contribution in [0.15, 0.2) is 46.3 Å². The number of nitrogens with two attached hydrogens (primary N) is 1. The van der Waals surface area contributed by atoms with Crippen LogP contribution in [0.1, 0.15) is 22.8 Å². The van der Waals surface area contributed by atoms with Gasteiger partial charge in [0.2, 0.25) is 5.91 Å². The smallest absolute Gasteiger partial charge is 0.223 e. The van der Waals surface area contributed by atoms with Gasteiger partial charge in [-0.25, -0.2) is 0 Å². The van der Waals surface area contributed by atoms with Crippen molar-refractivity contribution in [2.45, 2.75) is 24.8 Å². The van der Waals surface area contributed by atoms with Crippen LogP contribution < -0.4 is 5.73 Å². The number of hydrogen-bond donors (Lipinski definition) is 1. The number of amides is 1. The zero-order valence-electron chi connectivity index (χ0n) is 12.7. The van der Waals surface area contributed by atoms with Gasteiger partial charge in [-0.15, -0.1) is 23.7 Å². The molecule has 1 saturated heterocycles. The Balaban J connectivity index is 0.00000192. The van der Waals surface area contributed by atoms with Crippen LogP contribution in [0.25, 0.3) is 0 Å². The second-order valence-corrected chi connectivity index (χ2v) is 7.62. The van der Waals surface area contributed by atoms with Crippen molar-refractivity contribution in [3.8, 4) is 0 Å². The first-order valence-electron chi connectivity index (χ1n) is 7.44. The van der Waals surface area contributed by atoms with Crippen molar-refractivity contribution in [3.63, 3.8) is 0 Å². The molecule has 0 bridgehead atoms. The minimum atomic E-state index is 0. The van der Waals surface area contributed by atoms with E-state index >= 15 is 0 Å². The normalized spacial score (nSPS) is 20.3. The molecule has 6 heteroatoms. The summed E-state index contributed by atoms with van der Waals surface area (Å²) in [7, 11) is 0. The van der Waals surface area contributed by atoms with Crippen molar-refractivity contribution in [3.05, 3.63) is 56.7 Å². The highest BCUT2D eigenvalue weighted by molar-refractivity contribution is 9.10. The molecule has 0 saturated carbocycles. The van der Waals surface area contributed by atoms with Gasteiger partial charge in [0.05, 0.1) is 0 Å². The Hall–Kier alpha value is -0.880. The van der Waals surface area contributed by atoms with E-state index in [0.29, 0.717) is 13.0 Å². The third-order valence-electron chi connectivity index (χ3n) is 4.15. The van der Waals surface area contributed by atoms with Gasteiger partial charge < -0.3 is 10.6 Å². The van der Waals surface area contributed by atoms with Gasteiger partial charge in [0.25, 0.3) is 0 Å². The predicted octanol–water partition coefficient (Wildman–Crippen LogP) is 3.82. The Morgan fingerprint density at radius 1 is 1.30 bits per heavy atom. The van der Waals surface area contributed by atoms with E-state index in [1.807, 2.05) is 23.1 Å². The summed E-state index contributed by atoms with van der Waals surface area (Å²) in [6, 6.07) is 12.4. The third kappa shape index (κ3) is 4.57. The van der Waals surface area contributed by atoms with Gasteiger partial charge in [0.15, 0.2) is 0 Å². The predicted molar refractivity (Wildman–Crippen MR) is 101 cm³/mol. The first-order chi connectivity index (χ1) is 10.6. The van der Waals surface area contributed by atoms with E-state index in [1.165, 1.54) is 10.4 Å². The number of hydrogen-bond acceptors (Lipinski definition) is 3. The highest BCUT2D eigenvalue weighted by Gasteiger charge is 2.33. The lowest BCUT2D eigenvalue weighted by molar-refractivity contribution is -0.130.